The van der Waals surface area contributed by atoms with Gasteiger partial charge in [0.2, 0.25) is 5.75 Å². The van der Waals surface area contributed by atoms with Crippen LogP contribution in [0, 0.1) is 5.92 Å². The number of benzene rings is 1. The van der Waals surface area contributed by atoms with E-state index in [4.69, 9.17) is 14.6 Å². The molecule has 2 N–H and O–H groups in total. The first-order valence-corrected chi connectivity index (χ1v) is 8.10. The number of alkyl halides is 2. The maximum atomic E-state index is 12.6. The molecular formula is C17H21F2NO6. The maximum absolute atomic E-state index is 12.6. The highest BCUT2D eigenvalue weighted by atomic mass is 19.3. The van der Waals surface area contributed by atoms with E-state index in [2.05, 4.69) is 10.1 Å². The number of carbonyl (C=O) groups excluding carboxylic acids is 1. The molecule has 144 valence electrons. The number of carboxylic acid groups (broad SMARTS) is 1. The van der Waals surface area contributed by atoms with E-state index in [1.54, 1.807) is 0 Å². The lowest BCUT2D eigenvalue weighted by atomic mass is 9.86. The third-order valence-corrected chi connectivity index (χ3v) is 4.34. The summed E-state index contributed by atoms with van der Waals surface area (Å²) < 4.78 is 39.6. The van der Waals surface area contributed by atoms with Crippen LogP contribution in [0.3, 0.4) is 0 Å². The number of methoxy groups -OCH3 is 2. The van der Waals surface area contributed by atoms with Crippen LogP contribution in [-0.2, 0) is 4.79 Å². The van der Waals surface area contributed by atoms with Crippen LogP contribution in [0.25, 0.3) is 0 Å². The van der Waals surface area contributed by atoms with Crippen molar-refractivity contribution in [2.75, 3.05) is 14.2 Å². The van der Waals surface area contributed by atoms with E-state index in [-0.39, 0.29) is 34.8 Å². The fraction of sp³-hybridized carbons (Fsp3) is 0.529. The molecule has 1 saturated carbocycles. The zero-order chi connectivity index (χ0) is 19.3. The Morgan fingerprint density at radius 2 is 1.65 bits per heavy atom. The number of rotatable bonds is 7. The predicted molar refractivity (Wildman–Crippen MR) is 87.0 cm³/mol. The summed E-state index contributed by atoms with van der Waals surface area (Å²) in [6.07, 6.45) is 2.11. The van der Waals surface area contributed by atoms with Crippen molar-refractivity contribution in [2.24, 2.45) is 5.92 Å². The van der Waals surface area contributed by atoms with E-state index in [0.717, 1.165) is 0 Å². The second-order valence-corrected chi connectivity index (χ2v) is 5.95. The first-order chi connectivity index (χ1) is 12.3. The highest BCUT2D eigenvalue weighted by Crippen LogP contribution is 2.39. The minimum atomic E-state index is -3.07. The number of halogens is 2. The zero-order valence-electron chi connectivity index (χ0n) is 14.5. The molecule has 0 spiro atoms. The van der Waals surface area contributed by atoms with E-state index in [1.165, 1.54) is 26.4 Å². The van der Waals surface area contributed by atoms with Gasteiger partial charge in [-0.05, 0) is 37.8 Å². The Bertz CT molecular complexity index is 634. The summed E-state index contributed by atoms with van der Waals surface area (Å²) in [6.45, 7) is -3.07. The smallest absolute Gasteiger partial charge is 0.387 e. The van der Waals surface area contributed by atoms with Gasteiger partial charge in [0.15, 0.2) is 11.5 Å². The second kappa shape index (κ2) is 8.68. The molecule has 26 heavy (non-hydrogen) atoms. The number of aliphatic carboxylic acids is 1. The quantitative estimate of drug-likeness (QED) is 0.763. The molecule has 0 saturated heterocycles. The lowest BCUT2D eigenvalue weighted by Gasteiger charge is -2.27. The van der Waals surface area contributed by atoms with E-state index >= 15 is 0 Å². The summed E-state index contributed by atoms with van der Waals surface area (Å²) in [5, 5.41) is 11.8. The molecular weight excluding hydrogens is 352 g/mol. The Morgan fingerprint density at radius 3 is 2.08 bits per heavy atom. The lowest BCUT2D eigenvalue weighted by Crippen LogP contribution is -2.38. The number of hydrogen-bond acceptors (Lipinski definition) is 5. The van der Waals surface area contributed by atoms with Gasteiger partial charge in [-0.1, -0.05) is 0 Å². The summed E-state index contributed by atoms with van der Waals surface area (Å²) in [4.78, 5) is 23.4. The van der Waals surface area contributed by atoms with Crippen LogP contribution in [0.15, 0.2) is 12.1 Å². The van der Waals surface area contributed by atoms with E-state index in [0.29, 0.717) is 25.7 Å². The van der Waals surface area contributed by atoms with E-state index in [9.17, 15) is 18.4 Å². The van der Waals surface area contributed by atoms with Gasteiger partial charge in [-0.3, -0.25) is 9.59 Å². The van der Waals surface area contributed by atoms with Crippen molar-refractivity contribution in [1.82, 2.24) is 5.32 Å². The van der Waals surface area contributed by atoms with Crippen molar-refractivity contribution in [1.29, 1.82) is 0 Å². The van der Waals surface area contributed by atoms with Gasteiger partial charge in [0.1, 0.15) is 0 Å². The van der Waals surface area contributed by atoms with Crippen molar-refractivity contribution < 1.29 is 37.7 Å². The third kappa shape index (κ3) is 4.74. The number of carbonyl (C=O) groups is 2. The summed E-state index contributed by atoms with van der Waals surface area (Å²) in [5.41, 5.74) is 0.167. The van der Waals surface area contributed by atoms with Crippen molar-refractivity contribution in [3.8, 4) is 17.2 Å². The normalized spacial score (nSPS) is 19.7. The molecule has 0 aliphatic heterocycles. The van der Waals surface area contributed by atoms with Gasteiger partial charge < -0.3 is 24.6 Å². The fourth-order valence-electron chi connectivity index (χ4n) is 2.97. The average molecular weight is 373 g/mol. The number of nitrogens with one attached hydrogen (secondary N) is 1. The summed E-state index contributed by atoms with van der Waals surface area (Å²) in [7, 11) is 2.53. The Morgan fingerprint density at radius 1 is 1.12 bits per heavy atom. The fourth-order valence-corrected chi connectivity index (χ4v) is 2.97. The van der Waals surface area contributed by atoms with Gasteiger partial charge in [-0.2, -0.15) is 8.78 Å². The molecule has 1 aliphatic rings. The van der Waals surface area contributed by atoms with Crippen molar-refractivity contribution in [3.63, 3.8) is 0 Å². The highest BCUT2D eigenvalue weighted by molar-refractivity contribution is 5.95. The van der Waals surface area contributed by atoms with Gasteiger partial charge >= 0.3 is 12.6 Å². The minimum Gasteiger partial charge on any atom is -0.493 e. The standard InChI is InChI=1S/C17H21F2NO6/c1-24-12-7-10(8-13(25-2)14(12)26-17(18)19)15(21)20-11-5-3-9(4-6-11)16(22)23/h7-9,11,17H,3-6H2,1-2H3,(H,20,21)(H,22,23). The van der Waals surface area contributed by atoms with Crippen molar-refractivity contribution in [3.05, 3.63) is 17.7 Å². The zero-order valence-corrected chi connectivity index (χ0v) is 14.5. The summed E-state index contributed by atoms with van der Waals surface area (Å²) >= 11 is 0. The van der Waals surface area contributed by atoms with Crippen LogP contribution >= 0.6 is 0 Å². The second-order valence-electron chi connectivity index (χ2n) is 5.95. The summed E-state index contributed by atoms with van der Waals surface area (Å²) in [5.74, 6) is -2.02. The van der Waals surface area contributed by atoms with Crippen LogP contribution in [0.4, 0.5) is 8.78 Å². The first kappa shape index (κ1) is 19.7. The van der Waals surface area contributed by atoms with E-state index < -0.39 is 18.5 Å². The Labute approximate surface area is 149 Å². The molecule has 1 aromatic rings. The molecule has 1 fully saturated rings. The van der Waals surface area contributed by atoms with Gasteiger partial charge in [0.25, 0.3) is 5.91 Å². The van der Waals surface area contributed by atoms with Crippen LogP contribution in [0.5, 0.6) is 17.2 Å². The maximum Gasteiger partial charge on any atom is 0.387 e. The Kier molecular flexibility index (Phi) is 6.59. The van der Waals surface area contributed by atoms with Gasteiger partial charge in [0.05, 0.1) is 20.1 Å². The largest absolute Gasteiger partial charge is 0.493 e. The molecule has 1 aromatic carbocycles. The first-order valence-electron chi connectivity index (χ1n) is 8.10. The monoisotopic (exact) mass is 373 g/mol. The molecule has 0 bridgehead atoms. The van der Waals surface area contributed by atoms with Gasteiger partial charge in [-0.25, -0.2) is 0 Å². The molecule has 0 radical (unpaired) electrons. The lowest BCUT2D eigenvalue weighted by molar-refractivity contribution is -0.142. The number of ether oxygens (including phenoxy) is 3. The van der Waals surface area contributed by atoms with Crippen molar-refractivity contribution in [2.45, 2.75) is 38.3 Å². The number of hydrogen-bond donors (Lipinski definition) is 2. The van der Waals surface area contributed by atoms with Crippen LogP contribution < -0.4 is 19.5 Å². The van der Waals surface area contributed by atoms with Crippen LogP contribution in [-0.4, -0.2) is 43.9 Å². The molecule has 9 heteroatoms. The molecule has 1 amide bonds. The molecule has 1 aliphatic carbocycles. The molecule has 0 aromatic heterocycles. The third-order valence-electron chi connectivity index (χ3n) is 4.34. The molecule has 0 atom stereocenters. The van der Waals surface area contributed by atoms with Crippen LogP contribution in [0.2, 0.25) is 0 Å². The molecule has 0 heterocycles. The predicted octanol–water partition coefficient (Wildman–Crippen LogP) is 2.68. The van der Waals surface area contributed by atoms with Crippen molar-refractivity contribution >= 4 is 11.9 Å². The molecule has 0 unspecified atom stereocenters. The number of carboxylic acids is 1. The van der Waals surface area contributed by atoms with Gasteiger partial charge in [-0.15, -0.1) is 0 Å². The SMILES string of the molecule is COc1cc(C(=O)NC2CCC(C(=O)O)CC2)cc(OC)c1OC(F)F. The summed E-state index contributed by atoms with van der Waals surface area (Å²) in [6, 6.07) is 2.43. The Hall–Kier alpha value is -2.58. The molecule has 7 nitrogen and oxygen atoms in total. The number of amides is 1. The highest BCUT2D eigenvalue weighted by Gasteiger charge is 2.27. The topological polar surface area (TPSA) is 94.1 Å². The minimum absolute atomic E-state index is 0.0515. The van der Waals surface area contributed by atoms with Crippen LogP contribution in [0.1, 0.15) is 36.0 Å². The average Bonchev–Trinajstić information content (AvgIpc) is 2.61. The van der Waals surface area contributed by atoms with Gasteiger partial charge in [0, 0.05) is 11.6 Å². The van der Waals surface area contributed by atoms with E-state index in [1.807, 2.05) is 0 Å². The molecule has 2 rings (SSSR count). The Balaban J connectivity index is 2.12.